The largest absolute Gasteiger partial charge is 0.165 e. The quantitative estimate of drug-likeness (QED) is 0.126. The van der Waals surface area contributed by atoms with Crippen molar-refractivity contribution in [2.75, 3.05) is 0 Å². The Kier molecular flexibility index (Phi) is 9.99. The van der Waals surface area contributed by atoms with E-state index in [1.807, 2.05) is 0 Å². The Bertz CT molecular complexity index is 2380. The summed E-state index contributed by atoms with van der Waals surface area (Å²) in [5.74, 6) is 0. The monoisotopic (exact) mass is 720 g/mol. The maximum Gasteiger partial charge on any atom is -0.0114 e. The van der Waals surface area contributed by atoms with Crippen LogP contribution in [0.25, 0.3) is 65.3 Å². The molecule has 0 aromatic heterocycles. The molecular weight excluding hydrogens is 684 g/mol. The summed E-state index contributed by atoms with van der Waals surface area (Å²) in [6.45, 7) is 6.66. The van der Waals surface area contributed by atoms with Crippen LogP contribution in [0.5, 0.6) is 0 Å². The third kappa shape index (κ3) is 7.23. The van der Waals surface area contributed by atoms with Crippen LogP contribution in [0, 0.1) is 13.8 Å². The van der Waals surface area contributed by atoms with Gasteiger partial charge in [0.2, 0.25) is 0 Å². The minimum atomic E-state index is -0.122. The molecule has 0 atom stereocenters. The summed E-state index contributed by atoms with van der Waals surface area (Å²) in [5.41, 5.74) is 7.82. The average molecular weight is 722 g/mol. The van der Waals surface area contributed by atoms with Gasteiger partial charge in [-0.2, -0.15) is 12.1 Å². The van der Waals surface area contributed by atoms with E-state index in [9.17, 15) is 0 Å². The summed E-state index contributed by atoms with van der Waals surface area (Å²) in [7, 11) is 0. The predicted molar refractivity (Wildman–Crippen MR) is 212 cm³/mol. The number of aryl methyl sites for hydroxylation is 2. The third-order valence-electron chi connectivity index (χ3n) is 9.16. The maximum atomic E-state index is 2.35. The Morgan fingerprint density at radius 2 is 0.776 bits per heavy atom. The summed E-state index contributed by atoms with van der Waals surface area (Å²) >= 11 is 1.69. The van der Waals surface area contributed by atoms with Gasteiger partial charge in [0.1, 0.15) is 0 Å². The van der Waals surface area contributed by atoms with Gasteiger partial charge in [0, 0.05) is 0 Å². The second-order valence-corrected chi connectivity index (χ2v) is 20.1. The molecule has 0 heterocycles. The van der Waals surface area contributed by atoms with Gasteiger partial charge in [0.15, 0.2) is 0 Å². The van der Waals surface area contributed by atoms with Crippen molar-refractivity contribution in [3.05, 3.63) is 187 Å². The molecule has 0 aliphatic carbocycles. The molecule has 0 saturated heterocycles. The van der Waals surface area contributed by atoms with E-state index in [0.29, 0.717) is 0 Å². The zero-order valence-corrected chi connectivity index (χ0v) is 31.7. The molecule has 9 rings (SSSR count). The Morgan fingerprint density at radius 3 is 1.20 bits per heavy atom. The van der Waals surface area contributed by atoms with E-state index in [4.69, 9.17) is 0 Å². The van der Waals surface area contributed by atoms with Crippen molar-refractivity contribution >= 4 is 53.7 Å². The van der Waals surface area contributed by atoms with Gasteiger partial charge < -0.3 is 0 Å². The van der Waals surface area contributed by atoms with Crippen molar-refractivity contribution in [3.8, 4) is 22.3 Å². The van der Waals surface area contributed by atoms with Crippen LogP contribution >= 0.6 is 0 Å². The first-order valence-electron chi connectivity index (χ1n) is 16.9. The molecule has 0 nitrogen and oxygen atoms in total. The first-order chi connectivity index (χ1) is 24.0. The van der Waals surface area contributed by atoms with Crippen LogP contribution < -0.4 is 5.19 Å². The minimum absolute atomic E-state index is 0.122. The summed E-state index contributed by atoms with van der Waals surface area (Å²) in [6.07, 6.45) is 0. The Balaban J connectivity index is 0.000000125. The molecule has 9 aromatic carbocycles. The van der Waals surface area contributed by atoms with E-state index in [1.54, 1.807) is 28.5 Å². The molecule has 0 radical (unpaired) electrons. The number of fused-ring (bicyclic) bond motifs is 4. The molecule has 234 valence electrons. The molecule has 0 aliphatic heterocycles. The topological polar surface area (TPSA) is 0 Å². The van der Waals surface area contributed by atoms with Crippen molar-refractivity contribution in [1.82, 2.24) is 0 Å². The molecule has 49 heavy (non-hydrogen) atoms. The zero-order valence-electron chi connectivity index (χ0n) is 28.2. The van der Waals surface area contributed by atoms with Crippen LogP contribution in [-0.4, -0.2) is 5.43 Å². The predicted octanol–water partition coefficient (Wildman–Crippen LogP) is 12.4. The SMILES string of the molecule is C[Si](=[Zr+2])c1ccccc1.Cc1cc2c(-c3cccc4ccccc34)cccc2[cH-]1.Cc1cc2c(-c3cccc4ccccc34)cccc2[cH-]1. The van der Waals surface area contributed by atoms with E-state index in [0.717, 1.165) is 0 Å². The van der Waals surface area contributed by atoms with Gasteiger partial charge in [-0.1, -0.05) is 122 Å². The van der Waals surface area contributed by atoms with Crippen molar-refractivity contribution in [1.29, 1.82) is 0 Å². The molecule has 0 unspecified atom stereocenters. The summed E-state index contributed by atoms with van der Waals surface area (Å²) in [6, 6.07) is 63.2. The first kappa shape index (κ1) is 32.9. The molecule has 0 bridgehead atoms. The number of benzene rings is 7. The van der Waals surface area contributed by atoms with Crippen LogP contribution in [0.2, 0.25) is 6.55 Å². The number of rotatable bonds is 3. The Morgan fingerprint density at radius 1 is 0.408 bits per heavy atom. The van der Waals surface area contributed by atoms with E-state index in [-0.39, 0.29) is 5.43 Å². The molecule has 0 aliphatic rings. The number of hydrogen-bond acceptors (Lipinski definition) is 0. The smallest absolute Gasteiger partial charge is 0.0114 e. The van der Waals surface area contributed by atoms with Gasteiger partial charge in [-0.3, -0.25) is 0 Å². The number of hydrogen-bond donors (Lipinski definition) is 0. The van der Waals surface area contributed by atoms with Gasteiger partial charge >= 0.3 is 70.8 Å². The average Bonchev–Trinajstić information content (AvgIpc) is 3.73. The fourth-order valence-corrected chi connectivity index (χ4v) is 8.77. The van der Waals surface area contributed by atoms with Crippen LogP contribution in [-0.2, 0) is 23.3 Å². The summed E-state index contributed by atoms with van der Waals surface area (Å²) in [4.78, 5) is 0. The van der Waals surface area contributed by atoms with Crippen LogP contribution in [0.1, 0.15) is 11.1 Å². The van der Waals surface area contributed by atoms with Gasteiger partial charge in [-0.05, 0) is 32.7 Å². The molecule has 0 spiro atoms. The van der Waals surface area contributed by atoms with Crippen LogP contribution in [0.3, 0.4) is 0 Å². The van der Waals surface area contributed by atoms with Crippen molar-refractivity contribution in [2.24, 2.45) is 0 Å². The molecule has 0 amide bonds. The molecule has 0 saturated carbocycles. The second kappa shape index (κ2) is 14.9. The van der Waals surface area contributed by atoms with E-state index >= 15 is 0 Å². The molecular formula is C47H38SiZr. The van der Waals surface area contributed by atoms with Crippen molar-refractivity contribution < 1.29 is 23.3 Å². The van der Waals surface area contributed by atoms with Crippen LogP contribution in [0.15, 0.2) is 176 Å². The Hall–Kier alpha value is -4.62. The second-order valence-electron chi connectivity index (χ2n) is 12.7. The van der Waals surface area contributed by atoms with Gasteiger partial charge in [-0.15, -0.1) is 69.1 Å². The third-order valence-corrected chi connectivity index (χ3v) is 12.5. The standard InChI is InChI=1S/2C20H15.C7H8Si.Zr/c2*1-14-12-16-8-5-11-19(20(16)13-14)18-10-4-7-15-6-2-3-9-17(15)18;1-8-7-5-3-2-4-6-7;/h2*2-13H,1H3;2-6H,1H3;/q2*-1;;+2. The van der Waals surface area contributed by atoms with Crippen LogP contribution in [0.4, 0.5) is 0 Å². The normalized spacial score (nSPS) is 10.9. The molecule has 2 heteroatoms. The summed E-state index contributed by atoms with van der Waals surface area (Å²) < 4.78 is 0. The minimum Gasteiger partial charge on any atom is -0.165 e. The van der Waals surface area contributed by atoms with Crippen molar-refractivity contribution in [2.45, 2.75) is 20.4 Å². The molecule has 0 fully saturated rings. The fourth-order valence-electron chi connectivity index (χ4n) is 6.85. The van der Waals surface area contributed by atoms with Crippen molar-refractivity contribution in [3.63, 3.8) is 0 Å². The maximum absolute atomic E-state index is 2.35. The van der Waals surface area contributed by atoms with Gasteiger partial charge in [0.05, 0.1) is 0 Å². The van der Waals surface area contributed by atoms with E-state index < -0.39 is 0 Å². The molecule has 0 N–H and O–H groups in total. The fraction of sp³-hybridized carbons (Fsp3) is 0.0638. The van der Waals surface area contributed by atoms with Gasteiger partial charge in [-0.25, -0.2) is 0 Å². The van der Waals surface area contributed by atoms with E-state index in [1.165, 1.54) is 76.5 Å². The first-order valence-corrected chi connectivity index (χ1v) is 22.5. The summed E-state index contributed by atoms with van der Waals surface area (Å²) in [5, 5.41) is 12.1. The van der Waals surface area contributed by atoms with Gasteiger partial charge in [0.25, 0.3) is 0 Å². The van der Waals surface area contributed by atoms with E-state index in [2.05, 4.69) is 196 Å². The Labute approximate surface area is 304 Å². The zero-order chi connectivity index (χ0) is 33.7. The molecule has 9 aromatic rings.